The van der Waals surface area contributed by atoms with Crippen LogP contribution in [0.4, 0.5) is 0 Å². The predicted octanol–water partition coefficient (Wildman–Crippen LogP) is 3.29. The molecule has 0 N–H and O–H groups in total. The summed E-state index contributed by atoms with van der Waals surface area (Å²) in [5, 5.41) is 0. The van der Waals surface area contributed by atoms with E-state index < -0.39 is 0 Å². The third kappa shape index (κ3) is 4.08. The van der Waals surface area contributed by atoms with E-state index in [0.717, 1.165) is 49.1 Å². The van der Waals surface area contributed by atoms with E-state index in [9.17, 15) is 4.79 Å². The summed E-state index contributed by atoms with van der Waals surface area (Å²) >= 11 is 5.58. The number of rotatable bonds is 6. The lowest BCUT2D eigenvalue weighted by atomic mass is 10.0. The van der Waals surface area contributed by atoms with Crippen LogP contribution in [0.25, 0.3) is 0 Å². The molecule has 0 fully saturated rings. The Kier molecular flexibility index (Phi) is 5.48. The van der Waals surface area contributed by atoms with E-state index in [1.165, 1.54) is 6.26 Å². The second kappa shape index (κ2) is 6.67. The molecule has 0 aliphatic carbocycles. The van der Waals surface area contributed by atoms with Crippen LogP contribution in [0.1, 0.15) is 36.8 Å². The third-order valence-corrected chi connectivity index (χ3v) is 2.79. The summed E-state index contributed by atoms with van der Waals surface area (Å²) in [6, 6.07) is 1.84. The molecule has 0 bridgehead atoms. The summed E-state index contributed by atoms with van der Waals surface area (Å²) in [5.74, 6) is 0.729. The topological polar surface area (TPSA) is 30.2 Å². The molecule has 0 saturated heterocycles. The first kappa shape index (κ1) is 12.3. The maximum absolute atomic E-state index is 11.4. The zero-order valence-corrected chi connectivity index (χ0v) is 9.85. The van der Waals surface area contributed by atoms with Crippen molar-refractivity contribution in [3.05, 3.63) is 33.9 Å². The van der Waals surface area contributed by atoms with Crippen molar-refractivity contribution >= 4 is 11.6 Å². The Hall–Kier alpha value is -0.760. The number of halogens is 1. The second-order valence-electron chi connectivity index (χ2n) is 3.72. The van der Waals surface area contributed by atoms with Crippen molar-refractivity contribution in [2.24, 2.45) is 0 Å². The summed E-state index contributed by atoms with van der Waals surface area (Å²) in [6.07, 6.45) is 6.63. The molecule has 0 amide bonds. The molecule has 2 nitrogen and oxygen atoms in total. The van der Waals surface area contributed by atoms with Gasteiger partial charge in [0.15, 0.2) is 0 Å². The van der Waals surface area contributed by atoms with Crippen molar-refractivity contribution in [1.82, 2.24) is 0 Å². The van der Waals surface area contributed by atoms with Crippen LogP contribution in [-0.4, -0.2) is 5.88 Å². The summed E-state index contributed by atoms with van der Waals surface area (Å²) in [7, 11) is 0. The van der Waals surface area contributed by atoms with E-state index >= 15 is 0 Å². The average Bonchev–Trinajstić information content (AvgIpc) is 2.21. The van der Waals surface area contributed by atoms with Gasteiger partial charge in [-0.05, 0) is 37.8 Å². The number of hydrogen-bond donors (Lipinski definition) is 0. The first-order chi connectivity index (χ1) is 7.25. The van der Waals surface area contributed by atoms with Crippen molar-refractivity contribution < 1.29 is 4.42 Å². The second-order valence-corrected chi connectivity index (χ2v) is 4.10. The van der Waals surface area contributed by atoms with Crippen molar-refractivity contribution in [2.45, 2.75) is 39.0 Å². The van der Waals surface area contributed by atoms with Gasteiger partial charge >= 0.3 is 5.63 Å². The molecule has 0 unspecified atom stereocenters. The monoisotopic (exact) mass is 228 g/mol. The van der Waals surface area contributed by atoms with Crippen LogP contribution >= 0.6 is 11.6 Å². The fourth-order valence-corrected chi connectivity index (χ4v) is 1.77. The Balaban J connectivity index is 2.40. The minimum absolute atomic E-state index is 0.188. The minimum atomic E-state index is -0.188. The Labute approximate surface area is 95.3 Å². The van der Waals surface area contributed by atoms with Gasteiger partial charge in [-0.15, -0.1) is 11.6 Å². The molecule has 0 spiro atoms. The van der Waals surface area contributed by atoms with Crippen LogP contribution in [0.15, 0.2) is 21.5 Å². The quantitative estimate of drug-likeness (QED) is 0.553. The Morgan fingerprint density at radius 2 is 2.00 bits per heavy atom. The maximum atomic E-state index is 11.4. The Morgan fingerprint density at radius 3 is 2.67 bits per heavy atom. The normalized spacial score (nSPS) is 10.5. The van der Waals surface area contributed by atoms with E-state index in [2.05, 4.69) is 0 Å². The molecule has 0 radical (unpaired) electrons. The molecule has 0 aliphatic heterocycles. The van der Waals surface area contributed by atoms with Gasteiger partial charge < -0.3 is 4.42 Å². The highest BCUT2D eigenvalue weighted by atomic mass is 35.5. The largest absolute Gasteiger partial charge is 0.431 e. The van der Waals surface area contributed by atoms with Crippen molar-refractivity contribution in [3.8, 4) is 0 Å². The van der Waals surface area contributed by atoms with Crippen LogP contribution in [0.2, 0.25) is 0 Å². The standard InChI is InChI=1S/C12H17ClO2/c1-10-7-9-15-12(14)11(10)6-4-2-3-5-8-13/h7,9H,2-6,8H2,1H3. The van der Waals surface area contributed by atoms with Crippen molar-refractivity contribution in [1.29, 1.82) is 0 Å². The Morgan fingerprint density at radius 1 is 1.27 bits per heavy atom. The Bertz CT molecular complexity index is 344. The van der Waals surface area contributed by atoms with Gasteiger partial charge in [-0.2, -0.15) is 0 Å². The highest BCUT2D eigenvalue weighted by molar-refractivity contribution is 6.17. The van der Waals surface area contributed by atoms with Crippen LogP contribution < -0.4 is 5.63 Å². The molecule has 3 heteroatoms. The van der Waals surface area contributed by atoms with Gasteiger partial charge in [0.05, 0.1) is 6.26 Å². The number of hydrogen-bond acceptors (Lipinski definition) is 2. The molecular formula is C12H17ClO2. The first-order valence-electron chi connectivity index (χ1n) is 5.39. The van der Waals surface area contributed by atoms with Crippen LogP contribution in [0.5, 0.6) is 0 Å². The first-order valence-corrected chi connectivity index (χ1v) is 5.92. The fourth-order valence-electron chi connectivity index (χ4n) is 1.58. The van der Waals surface area contributed by atoms with Crippen LogP contribution in [-0.2, 0) is 6.42 Å². The smallest absolute Gasteiger partial charge is 0.339 e. The molecular weight excluding hydrogens is 212 g/mol. The van der Waals surface area contributed by atoms with Gasteiger partial charge in [-0.25, -0.2) is 4.79 Å². The van der Waals surface area contributed by atoms with E-state index in [1.807, 2.05) is 13.0 Å². The van der Waals surface area contributed by atoms with Gasteiger partial charge in [-0.3, -0.25) is 0 Å². The molecule has 1 aromatic rings. The molecule has 0 aromatic carbocycles. The lowest BCUT2D eigenvalue weighted by Gasteiger charge is -2.02. The molecule has 84 valence electrons. The van der Waals surface area contributed by atoms with Gasteiger partial charge in [0.2, 0.25) is 0 Å². The molecule has 0 atom stereocenters. The summed E-state index contributed by atoms with van der Waals surface area (Å²) < 4.78 is 4.84. The molecule has 0 aliphatic rings. The molecule has 1 rings (SSSR count). The molecule has 1 aromatic heterocycles. The highest BCUT2D eigenvalue weighted by Gasteiger charge is 2.04. The van der Waals surface area contributed by atoms with Crippen LogP contribution in [0, 0.1) is 6.92 Å². The molecule has 1 heterocycles. The third-order valence-electron chi connectivity index (χ3n) is 2.53. The zero-order valence-electron chi connectivity index (χ0n) is 9.09. The fraction of sp³-hybridized carbons (Fsp3) is 0.583. The SMILES string of the molecule is Cc1ccoc(=O)c1CCCCCCCl. The summed E-state index contributed by atoms with van der Waals surface area (Å²) in [4.78, 5) is 11.4. The van der Waals surface area contributed by atoms with Crippen molar-refractivity contribution in [2.75, 3.05) is 5.88 Å². The van der Waals surface area contributed by atoms with E-state index in [1.54, 1.807) is 0 Å². The zero-order chi connectivity index (χ0) is 11.1. The predicted molar refractivity (Wildman–Crippen MR) is 62.6 cm³/mol. The number of alkyl halides is 1. The van der Waals surface area contributed by atoms with Gasteiger partial charge in [0, 0.05) is 11.4 Å². The minimum Gasteiger partial charge on any atom is -0.431 e. The van der Waals surface area contributed by atoms with Gasteiger partial charge in [0.1, 0.15) is 0 Å². The lowest BCUT2D eigenvalue weighted by molar-refractivity contribution is 0.496. The highest BCUT2D eigenvalue weighted by Crippen LogP contribution is 2.08. The molecule has 15 heavy (non-hydrogen) atoms. The van der Waals surface area contributed by atoms with E-state index in [4.69, 9.17) is 16.0 Å². The maximum Gasteiger partial charge on any atom is 0.339 e. The van der Waals surface area contributed by atoms with E-state index in [-0.39, 0.29) is 5.63 Å². The van der Waals surface area contributed by atoms with Gasteiger partial charge in [0.25, 0.3) is 0 Å². The number of unbranched alkanes of at least 4 members (excludes halogenated alkanes) is 3. The molecule has 0 saturated carbocycles. The van der Waals surface area contributed by atoms with Crippen LogP contribution in [0.3, 0.4) is 0 Å². The van der Waals surface area contributed by atoms with Gasteiger partial charge in [-0.1, -0.05) is 12.8 Å². The number of aryl methyl sites for hydroxylation is 1. The summed E-state index contributed by atoms with van der Waals surface area (Å²) in [5.41, 5.74) is 1.67. The average molecular weight is 229 g/mol. The summed E-state index contributed by atoms with van der Waals surface area (Å²) in [6.45, 7) is 1.95. The lowest BCUT2D eigenvalue weighted by Crippen LogP contribution is -2.08. The van der Waals surface area contributed by atoms with Crippen molar-refractivity contribution in [3.63, 3.8) is 0 Å². The van der Waals surface area contributed by atoms with E-state index in [0.29, 0.717) is 0 Å².